The molecule has 0 spiro atoms. The molecule has 120 valence electrons. The molecular weight excluding hydrogens is 284 g/mol. The van der Waals surface area contributed by atoms with Crippen LogP contribution in [0.1, 0.15) is 25.3 Å². The Balaban J connectivity index is 1.80. The van der Waals surface area contributed by atoms with Gasteiger partial charge in [0.1, 0.15) is 5.75 Å². The average Bonchev–Trinajstić information content (AvgIpc) is 2.53. The Morgan fingerprint density at radius 2 is 2.09 bits per heavy atom. The summed E-state index contributed by atoms with van der Waals surface area (Å²) in [5, 5.41) is 11.8. The van der Waals surface area contributed by atoms with Gasteiger partial charge < -0.3 is 20.1 Å². The van der Waals surface area contributed by atoms with Crippen LogP contribution < -0.4 is 10.1 Å². The van der Waals surface area contributed by atoms with Crippen LogP contribution in [0.15, 0.2) is 24.3 Å². The maximum Gasteiger partial charge on any atom is 0.317 e. The number of ether oxygens (including phenoxy) is 1. The summed E-state index contributed by atoms with van der Waals surface area (Å²) in [4.78, 5) is 24.7. The van der Waals surface area contributed by atoms with E-state index in [2.05, 4.69) is 5.32 Å². The molecule has 22 heavy (non-hydrogen) atoms. The number of hydrogen-bond acceptors (Lipinski definition) is 3. The predicted molar refractivity (Wildman–Crippen MR) is 81.8 cm³/mol. The number of carboxylic acids is 1. The summed E-state index contributed by atoms with van der Waals surface area (Å²) in [5.41, 5.74) is 0.972. The zero-order chi connectivity index (χ0) is 15.9. The molecule has 1 aliphatic rings. The maximum atomic E-state index is 12.1. The highest BCUT2D eigenvalue weighted by atomic mass is 16.5. The molecule has 1 fully saturated rings. The Kier molecular flexibility index (Phi) is 5.63. The molecule has 0 atom stereocenters. The van der Waals surface area contributed by atoms with E-state index in [-0.39, 0.29) is 11.9 Å². The number of carbonyl (C=O) groups is 2. The van der Waals surface area contributed by atoms with Crippen LogP contribution in [0, 0.1) is 5.92 Å². The lowest BCUT2D eigenvalue weighted by Crippen LogP contribution is -2.45. The maximum absolute atomic E-state index is 12.1. The van der Waals surface area contributed by atoms with E-state index in [0.29, 0.717) is 39.1 Å². The fourth-order valence-corrected chi connectivity index (χ4v) is 2.53. The zero-order valence-corrected chi connectivity index (χ0v) is 12.7. The number of rotatable bonds is 5. The van der Waals surface area contributed by atoms with E-state index in [4.69, 9.17) is 9.84 Å². The van der Waals surface area contributed by atoms with Crippen LogP contribution in [-0.4, -0.2) is 41.7 Å². The molecular formula is C16H22N2O4. The number of piperidine rings is 1. The third-order valence-corrected chi connectivity index (χ3v) is 3.78. The second kappa shape index (κ2) is 7.68. The Labute approximate surface area is 130 Å². The van der Waals surface area contributed by atoms with Crippen molar-refractivity contribution in [2.75, 3.05) is 19.7 Å². The largest absolute Gasteiger partial charge is 0.494 e. The van der Waals surface area contributed by atoms with Crippen LogP contribution in [0.25, 0.3) is 0 Å². The van der Waals surface area contributed by atoms with Crippen LogP contribution in [0.4, 0.5) is 4.79 Å². The first-order valence-electron chi connectivity index (χ1n) is 7.57. The first kappa shape index (κ1) is 16.1. The van der Waals surface area contributed by atoms with Gasteiger partial charge in [0.15, 0.2) is 0 Å². The van der Waals surface area contributed by atoms with Crippen molar-refractivity contribution in [1.29, 1.82) is 0 Å². The van der Waals surface area contributed by atoms with Gasteiger partial charge in [0, 0.05) is 19.6 Å². The minimum atomic E-state index is -0.771. The molecule has 0 aromatic heterocycles. The molecule has 6 heteroatoms. The predicted octanol–water partition coefficient (Wildman–Crippen LogP) is 2.09. The van der Waals surface area contributed by atoms with Crippen LogP contribution in [0.5, 0.6) is 5.75 Å². The molecule has 1 aromatic rings. The van der Waals surface area contributed by atoms with Gasteiger partial charge in [0.25, 0.3) is 0 Å². The molecule has 1 saturated heterocycles. The summed E-state index contributed by atoms with van der Waals surface area (Å²) in [7, 11) is 0. The molecule has 0 saturated carbocycles. The first-order valence-corrected chi connectivity index (χ1v) is 7.57. The van der Waals surface area contributed by atoms with Crippen molar-refractivity contribution >= 4 is 12.0 Å². The quantitative estimate of drug-likeness (QED) is 0.873. The molecule has 0 unspecified atom stereocenters. The van der Waals surface area contributed by atoms with Crippen LogP contribution in [-0.2, 0) is 11.3 Å². The lowest BCUT2D eigenvalue weighted by Gasteiger charge is -2.30. The van der Waals surface area contributed by atoms with E-state index in [1.165, 1.54) is 0 Å². The standard InChI is InChI=1S/C16H22N2O4/c1-2-22-14-5-3-4-12(10-14)11-17-16(21)18-8-6-13(7-9-18)15(19)20/h3-5,10,13H,2,6-9,11H2,1H3,(H,17,21)(H,19,20). The van der Waals surface area contributed by atoms with Gasteiger partial charge >= 0.3 is 12.0 Å². The van der Waals surface area contributed by atoms with Gasteiger partial charge in [-0.2, -0.15) is 0 Å². The number of likely N-dealkylation sites (tertiary alicyclic amines) is 1. The van der Waals surface area contributed by atoms with Gasteiger partial charge in [0.05, 0.1) is 12.5 Å². The molecule has 0 bridgehead atoms. The number of nitrogens with zero attached hydrogens (tertiary/aromatic N) is 1. The third-order valence-electron chi connectivity index (χ3n) is 3.78. The van der Waals surface area contributed by atoms with E-state index in [1.54, 1.807) is 4.90 Å². The van der Waals surface area contributed by atoms with E-state index >= 15 is 0 Å². The van der Waals surface area contributed by atoms with Crippen molar-refractivity contribution in [3.63, 3.8) is 0 Å². The van der Waals surface area contributed by atoms with E-state index in [0.717, 1.165) is 11.3 Å². The van der Waals surface area contributed by atoms with Crippen LogP contribution >= 0.6 is 0 Å². The van der Waals surface area contributed by atoms with E-state index in [1.807, 2.05) is 31.2 Å². The van der Waals surface area contributed by atoms with Crippen molar-refractivity contribution in [3.8, 4) is 5.75 Å². The van der Waals surface area contributed by atoms with Gasteiger partial charge in [0.2, 0.25) is 0 Å². The van der Waals surface area contributed by atoms with Gasteiger partial charge in [-0.15, -0.1) is 0 Å². The number of amides is 2. The van der Waals surface area contributed by atoms with E-state index in [9.17, 15) is 9.59 Å². The summed E-state index contributed by atoms with van der Waals surface area (Å²) >= 11 is 0. The summed E-state index contributed by atoms with van der Waals surface area (Å²) < 4.78 is 5.43. The molecule has 2 N–H and O–H groups in total. The van der Waals surface area contributed by atoms with Crippen molar-refractivity contribution in [2.45, 2.75) is 26.3 Å². The smallest absolute Gasteiger partial charge is 0.317 e. The van der Waals surface area contributed by atoms with Gasteiger partial charge in [-0.3, -0.25) is 4.79 Å². The average molecular weight is 306 g/mol. The Hall–Kier alpha value is -2.24. The zero-order valence-electron chi connectivity index (χ0n) is 12.7. The summed E-state index contributed by atoms with van der Waals surface area (Å²) in [6, 6.07) is 7.46. The number of carboxylic acid groups (broad SMARTS) is 1. The number of urea groups is 1. The second-order valence-electron chi connectivity index (χ2n) is 5.34. The Bertz CT molecular complexity index is 525. The molecule has 0 radical (unpaired) electrons. The number of nitrogens with one attached hydrogen (secondary N) is 1. The van der Waals surface area contributed by atoms with Gasteiger partial charge in [-0.1, -0.05) is 12.1 Å². The molecule has 2 amide bonds. The molecule has 1 aromatic carbocycles. The molecule has 6 nitrogen and oxygen atoms in total. The highest BCUT2D eigenvalue weighted by Gasteiger charge is 2.26. The highest BCUT2D eigenvalue weighted by Crippen LogP contribution is 2.17. The number of carbonyl (C=O) groups excluding carboxylic acids is 1. The normalized spacial score (nSPS) is 15.4. The highest BCUT2D eigenvalue weighted by molar-refractivity contribution is 5.75. The van der Waals surface area contributed by atoms with Crippen molar-refractivity contribution in [3.05, 3.63) is 29.8 Å². The number of benzene rings is 1. The molecule has 0 aliphatic carbocycles. The fourth-order valence-electron chi connectivity index (χ4n) is 2.53. The van der Waals surface area contributed by atoms with Crippen molar-refractivity contribution < 1.29 is 19.4 Å². The van der Waals surface area contributed by atoms with Gasteiger partial charge in [-0.05, 0) is 37.5 Å². The first-order chi connectivity index (χ1) is 10.6. The Morgan fingerprint density at radius 1 is 1.36 bits per heavy atom. The van der Waals surface area contributed by atoms with Crippen molar-refractivity contribution in [2.24, 2.45) is 5.92 Å². The summed E-state index contributed by atoms with van der Waals surface area (Å²) in [5.74, 6) is -0.309. The third kappa shape index (κ3) is 4.38. The monoisotopic (exact) mass is 306 g/mol. The van der Waals surface area contributed by atoms with Crippen molar-refractivity contribution in [1.82, 2.24) is 10.2 Å². The number of aliphatic carboxylic acids is 1. The molecule has 1 aliphatic heterocycles. The lowest BCUT2D eigenvalue weighted by atomic mass is 9.97. The topological polar surface area (TPSA) is 78.9 Å². The molecule has 1 heterocycles. The molecule has 2 rings (SSSR count). The van der Waals surface area contributed by atoms with Gasteiger partial charge in [-0.25, -0.2) is 4.79 Å². The lowest BCUT2D eigenvalue weighted by molar-refractivity contribution is -0.143. The second-order valence-corrected chi connectivity index (χ2v) is 5.34. The Morgan fingerprint density at radius 3 is 2.73 bits per heavy atom. The van der Waals surface area contributed by atoms with E-state index < -0.39 is 5.97 Å². The minimum absolute atomic E-state index is 0.148. The fraction of sp³-hybridized carbons (Fsp3) is 0.500. The SMILES string of the molecule is CCOc1cccc(CNC(=O)N2CCC(C(=O)O)CC2)c1. The summed E-state index contributed by atoms with van der Waals surface area (Å²) in [6.07, 6.45) is 1.03. The minimum Gasteiger partial charge on any atom is -0.494 e. The van der Waals surface area contributed by atoms with Crippen LogP contribution in [0.3, 0.4) is 0 Å². The van der Waals surface area contributed by atoms with Crippen LogP contribution in [0.2, 0.25) is 0 Å². The number of hydrogen-bond donors (Lipinski definition) is 2. The summed E-state index contributed by atoms with van der Waals surface area (Å²) in [6.45, 7) is 3.94.